The van der Waals surface area contributed by atoms with E-state index in [4.69, 9.17) is 36.0 Å². The molecule has 0 saturated carbocycles. The molecule has 1 unspecified atom stereocenters. The molecule has 0 aliphatic carbocycles. The normalized spacial score (nSPS) is 13.5. The molecule has 0 radical (unpaired) electrons. The number of fused-ring (bicyclic) bond motifs is 2. The van der Waals surface area contributed by atoms with Crippen molar-refractivity contribution in [3.8, 4) is 11.5 Å². The van der Waals surface area contributed by atoms with Crippen LogP contribution >= 0.6 is 0 Å². The number of anilines is 2. The van der Waals surface area contributed by atoms with Gasteiger partial charge in [-0.05, 0) is 70.5 Å². The van der Waals surface area contributed by atoms with Crippen LogP contribution in [0.4, 0.5) is 11.9 Å². The molecule has 1 atom stereocenters. The maximum absolute atomic E-state index is 13.9. The fraction of sp³-hybridized carbons (Fsp3) is 0.438. The van der Waals surface area contributed by atoms with Crippen molar-refractivity contribution in [2.75, 3.05) is 70.2 Å². The lowest BCUT2D eigenvalue weighted by Gasteiger charge is -2.34. The molecular weight excluding hydrogens is 931 g/mol. The number of primary amides is 2. The third-order valence-electron chi connectivity index (χ3n) is 12.2. The van der Waals surface area contributed by atoms with Gasteiger partial charge in [-0.15, -0.1) is 0 Å². The molecule has 1 aliphatic heterocycles. The molecule has 7 rings (SSSR count). The van der Waals surface area contributed by atoms with Crippen LogP contribution < -0.4 is 36.9 Å². The van der Waals surface area contributed by atoms with E-state index in [2.05, 4.69) is 31.0 Å². The number of benzene rings is 2. The van der Waals surface area contributed by atoms with Crippen LogP contribution in [0.5, 0.6) is 11.5 Å². The minimum Gasteiger partial charge on any atom is -0.494 e. The number of methoxy groups -OCH3 is 1. The number of allylic oxidation sites excluding steroid dienone is 2. The highest BCUT2D eigenvalue weighted by atomic mass is 16.5. The van der Waals surface area contributed by atoms with E-state index < -0.39 is 23.9 Å². The second-order valence-corrected chi connectivity index (χ2v) is 17.2. The second-order valence-electron chi connectivity index (χ2n) is 17.2. The van der Waals surface area contributed by atoms with Gasteiger partial charge in [-0.25, -0.2) is 9.97 Å². The van der Waals surface area contributed by atoms with Crippen molar-refractivity contribution >= 4 is 63.5 Å². The van der Waals surface area contributed by atoms with Gasteiger partial charge in [0.25, 0.3) is 5.91 Å². The number of rotatable bonds is 24. The highest BCUT2D eigenvalue weighted by molar-refractivity contribution is 6.04. The zero-order valence-electron chi connectivity index (χ0n) is 41.2. The van der Waals surface area contributed by atoms with Gasteiger partial charge in [-0.2, -0.15) is 10.2 Å². The Morgan fingerprint density at radius 1 is 0.792 bits per heavy atom. The molecule has 24 heteroatoms. The number of carbonyl (C=O) groups is 5. The molecule has 9 N–H and O–H groups in total. The van der Waals surface area contributed by atoms with Crippen molar-refractivity contribution in [2.45, 2.75) is 79.4 Å². The van der Waals surface area contributed by atoms with Crippen LogP contribution in [0.1, 0.15) is 87.6 Å². The molecule has 1 aliphatic rings. The Kier molecular flexibility index (Phi) is 16.9. The molecule has 72 heavy (non-hydrogen) atoms. The second kappa shape index (κ2) is 23.4. The summed E-state index contributed by atoms with van der Waals surface area (Å²) in [6, 6.07) is 9.64. The zero-order chi connectivity index (χ0) is 51.6. The van der Waals surface area contributed by atoms with E-state index in [1.807, 2.05) is 32.9 Å². The number of aromatic nitrogens is 8. The van der Waals surface area contributed by atoms with Crippen LogP contribution in [0.3, 0.4) is 0 Å². The van der Waals surface area contributed by atoms with E-state index in [0.717, 1.165) is 5.69 Å². The van der Waals surface area contributed by atoms with Gasteiger partial charge in [-0.3, -0.25) is 43.6 Å². The first-order valence-corrected chi connectivity index (χ1v) is 23.8. The first kappa shape index (κ1) is 52.0. The average Bonchev–Trinajstić information content (AvgIpc) is 4.14. The van der Waals surface area contributed by atoms with Crippen LogP contribution in [-0.4, -0.2) is 148 Å². The number of aliphatic hydroxyl groups is 2. The van der Waals surface area contributed by atoms with Gasteiger partial charge in [-0.1, -0.05) is 12.2 Å². The first-order chi connectivity index (χ1) is 34.6. The predicted octanol–water partition coefficient (Wildman–Crippen LogP) is 2.06. The van der Waals surface area contributed by atoms with Crippen molar-refractivity contribution in [2.24, 2.45) is 11.5 Å². The molecule has 2 aromatic carbocycles. The van der Waals surface area contributed by atoms with Crippen LogP contribution in [0.15, 0.2) is 48.6 Å². The quantitative estimate of drug-likeness (QED) is 0.0259. The average molecular weight is 994 g/mol. The van der Waals surface area contributed by atoms with E-state index in [1.165, 1.54) is 13.2 Å². The van der Waals surface area contributed by atoms with Gasteiger partial charge in [0.15, 0.2) is 6.23 Å². The fourth-order valence-electron chi connectivity index (χ4n) is 8.65. The van der Waals surface area contributed by atoms with E-state index in [-0.39, 0.29) is 80.5 Å². The number of nitrogens with two attached hydrogens (primary N) is 2. The molecule has 384 valence electrons. The molecule has 6 aromatic rings. The Labute approximate surface area is 414 Å². The summed E-state index contributed by atoms with van der Waals surface area (Å²) in [5.41, 5.74) is 15.8. The van der Waals surface area contributed by atoms with Gasteiger partial charge in [0.1, 0.15) is 28.2 Å². The number of ether oxygens (including phenoxy) is 2. The maximum atomic E-state index is 13.9. The SMILES string of the molecule is CCn1nc(C)cc1C(=O)Nc1nc2cc(C(N)=O)cc(OCCCN3CCN(C(=O)CCC(=O)NCCO)CC3)c2n1C/C=C/Cn1c(NC(O)c2cc(C)nn2CC)nc2cc(C(N)=O)cc(OC)c21. The summed E-state index contributed by atoms with van der Waals surface area (Å²) in [7, 11) is 1.47. The topological polar surface area (TPSA) is 310 Å². The van der Waals surface area contributed by atoms with Crippen LogP contribution in [0, 0.1) is 13.8 Å². The number of aryl methyl sites for hydroxylation is 4. The Morgan fingerprint density at radius 3 is 2.01 bits per heavy atom. The summed E-state index contributed by atoms with van der Waals surface area (Å²) in [6.45, 7) is 11.9. The molecule has 5 heterocycles. The van der Waals surface area contributed by atoms with Crippen LogP contribution in [-0.2, 0) is 35.8 Å². The van der Waals surface area contributed by atoms with E-state index in [0.29, 0.717) is 103 Å². The van der Waals surface area contributed by atoms with Crippen molar-refractivity contribution in [3.05, 3.63) is 82.5 Å². The number of nitrogens with zero attached hydrogens (tertiary/aromatic N) is 10. The number of nitrogens with one attached hydrogen (secondary N) is 3. The molecule has 1 saturated heterocycles. The largest absolute Gasteiger partial charge is 0.494 e. The minimum atomic E-state index is -1.22. The van der Waals surface area contributed by atoms with E-state index >= 15 is 0 Å². The molecule has 4 aromatic heterocycles. The Morgan fingerprint density at radius 2 is 1.39 bits per heavy atom. The molecule has 1 fully saturated rings. The van der Waals surface area contributed by atoms with Gasteiger partial charge in [0.05, 0.1) is 48.4 Å². The number of amides is 5. The summed E-state index contributed by atoms with van der Waals surface area (Å²) in [4.78, 5) is 77.2. The van der Waals surface area contributed by atoms with Crippen molar-refractivity contribution in [1.29, 1.82) is 0 Å². The smallest absolute Gasteiger partial charge is 0.276 e. The van der Waals surface area contributed by atoms with Gasteiger partial charge in [0, 0.05) is 89.4 Å². The highest BCUT2D eigenvalue weighted by Gasteiger charge is 2.25. The lowest BCUT2D eigenvalue weighted by atomic mass is 10.1. The minimum absolute atomic E-state index is 0.0615. The summed E-state index contributed by atoms with van der Waals surface area (Å²) >= 11 is 0. The Balaban J connectivity index is 1.15. The van der Waals surface area contributed by atoms with Gasteiger partial charge in [0.2, 0.25) is 35.5 Å². The zero-order valence-corrected chi connectivity index (χ0v) is 41.2. The summed E-state index contributed by atoms with van der Waals surface area (Å²) in [5, 5.41) is 37.9. The van der Waals surface area contributed by atoms with E-state index in [1.54, 1.807) is 60.7 Å². The lowest BCUT2D eigenvalue weighted by molar-refractivity contribution is -0.135. The fourth-order valence-corrected chi connectivity index (χ4v) is 8.65. The molecule has 0 spiro atoms. The van der Waals surface area contributed by atoms with Crippen molar-refractivity contribution in [3.63, 3.8) is 0 Å². The number of hydrogen-bond acceptors (Lipinski definition) is 15. The Bertz CT molecular complexity index is 2980. The lowest BCUT2D eigenvalue weighted by Crippen LogP contribution is -2.49. The monoisotopic (exact) mass is 993 g/mol. The van der Waals surface area contributed by atoms with E-state index in [9.17, 15) is 29.1 Å². The third-order valence-corrected chi connectivity index (χ3v) is 12.2. The van der Waals surface area contributed by atoms with Gasteiger partial charge >= 0.3 is 0 Å². The summed E-state index contributed by atoms with van der Waals surface area (Å²) < 4.78 is 19.0. The number of aliphatic hydroxyl groups excluding tert-OH is 2. The van der Waals surface area contributed by atoms with Crippen molar-refractivity contribution in [1.82, 2.24) is 53.8 Å². The number of imidazole rings is 2. The summed E-state index contributed by atoms with van der Waals surface area (Å²) in [6.07, 6.45) is 3.24. The van der Waals surface area contributed by atoms with Crippen molar-refractivity contribution < 1.29 is 43.7 Å². The molecular formula is C48H63N15O9. The number of carbonyl (C=O) groups excluding carboxylic acids is 5. The first-order valence-electron chi connectivity index (χ1n) is 23.8. The standard InChI is InChI=1S/C48H63N15O9/c1-6-62-35(23-29(3)56-62)45(69)54-47-52-33-25-31(43(49)67)27-37(71-5)41(33)60(47)15-8-9-16-61-42-34(53-48(61)55-46(70)36-24-30(4)57-63(36)7-2)26-32(44(50)68)28-38(42)72-22-10-14-58-17-19-59(20-18-58)40(66)12-11-39(65)51-13-21-64/h8-9,23-28,45,64,69H,6-7,10-22H2,1-5H3,(H2,49,67)(H2,50,68)(H,51,65)(H,52,54)(H,53,55,70)/b9-8+. The molecule has 24 nitrogen and oxygen atoms in total. The third kappa shape index (κ3) is 12.0. The highest BCUT2D eigenvalue weighted by Crippen LogP contribution is 2.34. The Hall–Kier alpha value is -7.83. The number of piperazine rings is 1. The van der Waals surface area contributed by atoms with Crippen LogP contribution in [0.2, 0.25) is 0 Å². The predicted molar refractivity (Wildman–Crippen MR) is 266 cm³/mol. The molecule has 5 amide bonds. The summed E-state index contributed by atoms with van der Waals surface area (Å²) in [5.74, 6) is -1.14. The molecule has 0 bridgehead atoms. The number of hydrogen-bond donors (Lipinski definition) is 7. The maximum Gasteiger partial charge on any atom is 0.276 e. The van der Waals surface area contributed by atoms with Gasteiger partial charge < -0.3 is 55.8 Å². The van der Waals surface area contributed by atoms with Crippen LogP contribution in [0.25, 0.3) is 22.1 Å².